The summed E-state index contributed by atoms with van der Waals surface area (Å²) in [5, 5.41) is 7.46. The van der Waals surface area contributed by atoms with Crippen LogP contribution in [0, 0.1) is 0 Å². The highest BCUT2D eigenvalue weighted by molar-refractivity contribution is 9.10. The Hall–Kier alpha value is -2.60. The van der Waals surface area contributed by atoms with Crippen molar-refractivity contribution in [3.05, 3.63) is 82.1 Å². The summed E-state index contributed by atoms with van der Waals surface area (Å²) in [6.45, 7) is 0.251. The molecule has 1 aliphatic carbocycles. The average Bonchev–Trinajstić information content (AvgIpc) is 3.17. The molecular formula is C21H20BrN3O2. The minimum atomic E-state index is -0.154. The fourth-order valence-electron chi connectivity index (χ4n) is 3.36. The molecule has 6 heteroatoms. The summed E-state index contributed by atoms with van der Waals surface area (Å²) in [5.74, 6) is 0.595. The maximum atomic E-state index is 12.6. The summed E-state index contributed by atoms with van der Waals surface area (Å²) in [4.78, 5) is 12.6. The monoisotopic (exact) mass is 425 g/mol. The summed E-state index contributed by atoms with van der Waals surface area (Å²) in [6.07, 6.45) is 4.86. The summed E-state index contributed by atoms with van der Waals surface area (Å²) in [5.41, 5.74) is 2.94. The van der Waals surface area contributed by atoms with Gasteiger partial charge in [-0.2, -0.15) is 5.10 Å². The van der Waals surface area contributed by atoms with Crippen LogP contribution in [-0.2, 0) is 13.2 Å². The zero-order chi connectivity index (χ0) is 18.6. The van der Waals surface area contributed by atoms with E-state index in [0.717, 1.165) is 29.5 Å². The number of aryl methyl sites for hydroxylation is 1. The van der Waals surface area contributed by atoms with Gasteiger partial charge < -0.3 is 10.1 Å². The molecule has 1 unspecified atom stereocenters. The Morgan fingerprint density at radius 2 is 2.00 bits per heavy atom. The Balaban J connectivity index is 1.38. The van der Waals surface area contributed by atoms with Gasteiger partial charge in [-0.1, -0.05) is 40.2 Å². The van der Waals surface area contributed by atoms with E-state index in [2.05, 4.69) is 44.5 Å². The second-order valence-corrected chi connectivity index (χ2v) is 7.50. The third kappa shape index (κ3) is 4.22. The van der Waals surface area contributed by atoms with Crippen molar-refractivity contribution in [1.82, 2.24) is 15.1 Å². The molecule has 0 bridgehead atoms. The second-order valence-electron chi connectivity index (χ2n) is 6.58. The Kier molecular flexibility index (Phi) is 5.25. The molecule has 0 saturated heterocycles. The van der Waals surface area contributed by atoms with Crippen LogP contribution >= 0.6 is 15.9 Å². The quantitative estimate of drug-likeness (QED) is 0.654. The van der Waals surface area contributed by atoms with E-state index in [1.807, 2.05) is 30.3 Å². The number of rotatable bonds is 5. The SMILES string of the molecule is O=C(NC1CCCc2ccccc21)c1ccn(COc2ccc(Br)cc2)n1. The Morgan fingerprint density at radius 1 is 1.19 bits per heavy atom. The molecule has 1 atom stereocenters. The number of hydrogen-bond acceptors (Lipinski definition) is 3. The summed E-state index contributed by atoms with van der Waals surface area (Å²) >= 11 is 3.39. The van der Waals surface area contributed by atoms with Crippen LogP contribution in [0.2, 0.25) is 0 Å². The van der Waals surface area contributed by atoms with Gasteiger partial charge in [0.2, 0.25) is 0 Å². The van der Waals surface area contributed by atoms with Crippen LogP contribution in [0.5, 0.6) is 5.75 Å². The summed E-state index contributed by atoms with van der Waals surface area (Å²) < 4.78 is 8.30. The van der Waals surface area contributed by atoms with Crippen molar-refractivity contribution in [2.75, 3.05) is 0 Å². The highest BCUT2D eigenvalue weighted by Gasteiger charge is 2.22. The van der Waals surface area contributed by atoms with Crippen molar-refractivity contribution in [3.63, 3.8) is 0 Å². The predicted octanol–water partition coefficient (Wildman–Crippen LogP) is 4.49. The first kappa shape index (κ1) is 17.8. The number of nitrogens with one attached hydrogen (secondary N) is 1. The van der Waals surface area contributed by atoms with Gasteiger partial charge in [-0.05, 0) is 60.7 Å². The highest BCUT2D eigenvalue weighted by Crippen LogP contribution is 2.29. The molecular weight excluding hydrogens is 406 g/mol. The zero-order valence-electron chi connectivity index (χ0n) is 14.8. The number of benzene rings is 2. The first-order chi connectivity index (χ1) is 13.2. The van der Waals surface area contributed by atoms with E-state index in [0.29, 0.717) is 5.69 Å². The van der Waals surface area contributed by atoms with E-state index in [1.165, 1.54) is 11.1 Å². The average molecular weight is 426 g/mol. The van der Waals surface area contributed by atoms with Crippen LogP contribution in [0.4, 0.5) is 0 Å². The minimum absolute atomic E-state index is 0.0478. The highest BCUT2D eigenvalue weighted by atomic mass is 79.9. The van der Waals surface area contributed by atoms with Crippen molar-refractivity contribution >= 4 is 21.8 Å². The van der Waals surface area contributed by atoms with Gasteiger partial charge in [-0.25, -0.2) is 4.68 Å². The lowest BCUT2D eigenvalue weighted by atomic mass is 9.88. The van der Waals surface area contributed by atoms with Gasteiger partial charge in [0, 0.05) is 10.7 Å². The first-order valence-corrected chi connectivity index (χ1v) is 9.79. The van der Waals surface area contributed by atoms with Crippen molar-refractivity contribution in [1.29, 1.82) is 0 Å². The van der Waals surface area contributed by atoms with Gasteiger partial charge in [0.25, 0.3) is 5.91 Å². The molecule has 1 N–H and O–H groups in total. The first-order valence-electron chi connectivity index (χ1n) is 8.99. The molecule has 0 aliphatic heterocycles. The fraction of sp³-hybridized carbons (Fsp3) is 0.238. The van der Waals surface area contributed by atoms with Crippen LogP contribution in [0.1, 0.15) is 40.5 Å². The van der Waals surface area contributed by atoms with Crippen LogP contribution < -0.4 is 10.1 Å². The van der Waals surface area contributed by atoms with E-state index in [-0.39, 0.29) is 18.7 Å². The fourth-order valence-corrected chi connectivity index (χ4v) is 3.63. The zero-order valence-corrected chi connectivity index (χ0v) is 16.4. The molecule has 4 rings (SSSR count). The van der Waals surface area contributed by atoms with Crippen LogP contribution in [0.15, 0.2) is 65.3 Å². The summed E-state index contributed by atoms with van der Waals surface area (Å²) in [7, 11) is 0. The van der Waals surface area contributed by atoms with Crippen LogP contribution in [-0.4, -0.2) is 15.7 Å². The normalized spacial score (nSPS) is 15.8. The molecule has 3 aromatic rings. The van der Waals surface area contributed by atoms with E-state index in [1.54, 1.807) is 16.9 Å². The third-order valence-corrected chi connectivity index (χ3v) is 5.25. The van der Waals surface area contributed by atoms with E-state index < -0.39 is 0 Å². The molecule has 1 aromatic heterocycles. The number of amides is 1. The van der Waals surface area contributed by atoms with Gasteiger partial charge in [0.1, 0.15) is 11.4 Å². The number of fused-ring (bicyclic) bond motifs is 1. The maximum Gasteiger partial charge on any atom is 0.272 e. The Bertz CT molecular complexity index is 937. The van der Waals surface area contributed by atoms with Crippen molar-refractivity contribution in [3.8, 4) is 5.75 Å². The molecule has 0 spiro atoms. The number of carbonyl (C=O) groups excluding carboxylic acids is 1. The van der Waals surface area contributed by atoms with Gasteiger partial charge in [-0.15, -0.1) is 0 Å². The number of halogens is 1. The number of ether oxygens (including phenoxy) is 1. The van der Waals surface area contributed by atoms with Gasteiger partial charge in [0.15, 0.2) is 6.73 Å². The lowest BCUT2D eigenvalue weighted by Crippen LogP contribution is -2.31. The molecule has 2 aromatic carbocycles. The molecule has 27 heavy (non-hydrogen) atoms. The van der Waals surface area contributed by atoms with Crippen LogP contribution in [0.25, 0.3) is 0 Å². The van der Waals surface area contributed by atoms with Crippen molar-refractivity contribution in [2.45, 2.75) is 32.0 Å². The van der Waals surface area contributed by atoms with E-state index >= 15 is 0 Å². The molecule has 0 fully saturated rings. The smallest absolute Gasteiger partial charge is 0.272 e. The molecule has 0 saturated carbocycles. The molecule has 1 heterocycles. The predicted molar refractivity (Wildman–Crippen MR) is 107 cm³/mol. The minimum Gasteiger partial charge on any atom is -0.471 e. The number of carbonyl (C=O) groups is 1. The number of nitrogens with zero attached hydrogens (tertiary/aromatic N) is 2. The molecule has 5 nitrogen and oxygen atoms in total. The molecule has 1 amide bonds. The maximum absolute atomic E-state index is 12.6. The lowest BCUT2D eigenvalue weighted by Gasteiger charge is -2.26. The molecule has 0 radical (unpaired) electrons. The second kappa shape index (κ2) is 7.96. The molecule has 138 valence electrons. The van der Waals surface area contributed by atoms with Gasteiger partial charge in [-0.3, -0.25) is 4.79 Å². The largest absolute Gasteiger partial charge is 0.471 e. The summed E-state index contributed by atoms with van der Waals surface area (Å²) in [6, 6.07) is 17.7. The standard InChI is InChI=1S/C21H20BrN3O2/c22-16-8-10-17(11-9-16)27-14-25-13-12-20(24-25)21(26)23-19-7-3-5-15-4-1-2-6-18(15)19/h1-2,4,6,8-13,19H,3,5,7,14H2,(H,23,26). The lowest BCUT2D eigenvalue weighted by molar-refractivity contribution is 0.0925. The van der Waals surface area contributed by atoms with Gasteiger partial charge >= 0.3 is 0 Å². The topological polar surface area (TPSA) is 56.2 Å². The Morgan fingerprint density at radius 3 is 2.85 bits per heavy atom. The van der Waals surface area contributed by atoms with E-state index in [9.17, 15) is 4.79 Å². The third-order valence-electron chi connectivity index (χ3n) is 4.73. The number of aromatic nitrogens is 2. The van der Waals surface area contributed by atoms with Crippen LogP contribution in [0.3, 0.4) is 0 Å². The molecule has 1 aliphatic rings. The Labute approximate surface area is 166 Å². The van der Waals surface area contributed by atoms with Gasteiger partial charge in [0.05, 0.1) is 6.04 Å². The van der Waals surface area contributed by atoms with Crippen molar-refractivity contribution in [2.24, 2.45) is 0 Å². The van der Waals surface area contributed by atoms with E-state index in [4.69, 9.17) is 4.74 Å². The number of hydrogen-bond donors (Lipinski definition) is 1. The van der Waals surface area contributed by atoms with Crippen molar-refractivity contribution < 1.29 is 9.53 Å².